The standard InChI is InChI=1S/C18H25N3O3/c1-3-18(13-22)8-10-21(11-9-18)12-16-19-20-17(24-16)14-4-6-15(23-2)7-5-14/h4-7,22H,3,8-13H2,1-2H3. The Morgan fingerprint density at radius 3 is 2.50 bits per heavy atom. The number of hydrogen-bond donors (Lipinski definition) is 1. The molecule has 1 aliphatic rings. The van der Waals surface area contributed by atoms with E-state index in [1.54, 1.807) is 7.11 Å². The lowest BCUT2D eigenvalue weighted by Crippen LogP contribution is -2.41. The minimum Gasteiger partial charge on any atom is -0.497 e. The molecule has 0 atom stereocenters. The number of aromatic nitrogens is 2. The van der Waals surface area contributed by atoms with Crippen molar-refractivity contribution < 1.29 is 14.3 Å². The Morgan fingerprint density at radius 2 is 1.92 bits per heavy atom. The first-order valence-electron chi connectivity index (χ1n) is 8.48. The summed E-state index contributed by atoms with van der Waals surface area (Å²) in [7, 11) is 1.64. The van der Waals surface area contributed by atoms with Crippen molar-refractivity contribution in [2.75, 3.05) is 26.8 Å². The van der Waals surface area contributed by atoms with Crippen molar-refractivity contribution >= 4 is 0 Å². The van der Waals surface area contributed by atoms with E-state index in [-0.39, 0.29) is 12.0 Å². The van der Waals surface area contributed by atoms with Crippen LogP contribution < -0.4 is 4.74 Å². The van der Waals surface area contributed by atoms with Crippen molar-refractivity contribution in [1.29, 1.82) is 0 Å². The second kappa shape index (κ2) is 7.32. The van der Waals surface area contributed by atoms with Crippen molar-refractivity contribution in [3.05, 3.63) is 30.2 Å². The van der Waals surface area contributed by atoms with Gasteiger partial charge >= 0.3 is 0 Å². The third kappa shape index (κ3) is 3.60. The maximum atomic E-state index is 9.62. The molecule has 24 heavy (non-hydrogen) atoms. The molecule has 1 N–H and O–H groups in total. The molecule has 6 heteroatoms. The number of rotatable bonds is 6. The number of aliphatic hydroxyl groups is 1. The maximum Gasteiger partial charge on any atom is 0.247 e. The first-order valence-corrected chi connectivity index (χ1v) is 8.48. The molecule has 1 saturated heterocycles. The van der Waals surface area contributed by atoms with Gasteiger partial charge in [0.25, 0.3) is 0 Å². The second-order valence-corrected chi connectivity index (χ2v) is 6.52. The molecule has 6 nitrogen and oxygen atoms in total. The number of benzene rings is 1. The van der Waals surface area contributed by atoms with Crippen LogP contribution in [0, 0.1) is 5.41 Å². The van der Waals surface area contributed by atoms with Gasteiger partial charge in [-0.1, -0.05) is 6.92 Å². The minimum absolute atomic E-state index is 0.0968. The van der Waals surface area contributed by atoms with Gasteiger partial charge in [0.15, 0.2) is 0 Å². The van der Waals surface area contributed by atoms with E-state index >= 15 is 0 Å². The number of ether oxygens (including phenoxy) is 1. The fourth-order valence-corrected chi connectivity index (χ4v) is 3.17. The quantitative estimate of drug-likeness (QED) is 0.877. The summed E-state index contributed by atoms with van der Waals surface area (Å²) in [5.41, 5.74) is 0.984. The summed E-state index contributed by atoms with van der Waals surface area (Å²) in [5, 5.41) is 17.9. The Balaban J connectivity index is 1.60. The predicted octanol–water partition coefficient (Wildman–Crippen LogP) is 2.73. The molecule has 1 aliphatic heterocycles. The Hall–Kier alpha value is -1.92. The van der Waals surface area contributed by atoms with Crippen molar-refractivity contribution in [3.63, 3.8) is 0 Å². The lowest BCUT2D eigenvalue weighted by molar-refractivity contribution is 0.0355. The highest BCUT2D eigenvalue weighted by molar-refractivity contribution is 5.53. The zero-order valence-electron chi connectivity index (χ0n) is 14.4. The van der Waals surface area contributed by atoms with Crippen LogP contribution in [-0.2, 0) is 6.54 Å². The number of likely N-dealkylation sites (tertiary alicyclic amines) is 1. The summed E-state index contributed by atoms with van der Waals surface area (Å²) in [5.74, 6) is 1.96. The molecule has 2 heterocycles. The van der Waals surface area contributed by atoms with E-state index in [9.17, 15) is 5.11 Å². The monoisotopic (exact) mass is 331 g/mol. The van der Waals surface area contributed by atoms with Gasteiger partial charge in [-0.15, -0.1) is 10.2 Å². The van der Waals surface area contributed by atoms with E-state index < -0.39 is 0 Å². The number of nitrogens with zero attached hydrogens (tertiary/aromatic N) is 3. The summed E-state index contributed by atoms with van der Waals surface area (Å²) in [6, 6.07) is 7.58. The molecule has 0 unspecified atom stereocenters. The highest BCUT2D eigenvalue weighted by Crippen LogP contribution is 2.34. The molecule has 0 radical (unpaired) electrons. The third-order valence-electron chi connectivity index (χ3n) is 5.16. The Labute approximate surface area is 142 Å². The average Bonchev–Trinajstić information content (AvgIpc) is 3.11. The fraction of sp³-hybridized carbons (Fsp3) is 0.556. The number of methoxy groups -OCH3 is 1. The van der Waals surface area contributed by atoms with Gasteiger partial charge in [0, 0.05) is 12.2 Å². The Bertz CT molecular complexity index is 640. The zero-order valence-corrected chi connectivity index (χ0v) is 14.4. The molecule has 0 saturated carbocycles. The topological polar surface area (TPSA) is 71.6 Å². The Kier molecular flexibility index (Phi) is 5.16. The molecule has 0 amide bonds. The van der Waals surface area contributed by atoms with Crippen LogP contribution in [0.1, 0.15) is 32.1 Å². The largest absolute Gasteiger partial charge is 0.497 e. The molecule has 3 rings (SSSR count). The van der Waals surface area contributed by atoms with Crippen LogP contribution in [0.25, 0.3) is 11.5 Å². The normalized spacial score (nSPS) is 17.8. The van der Waals surface area contributed by atoms with Crippen LogP contribution in [-0.4, -0.2) is 47.0 Å². The molecule has 1 fully saturated rings. The summed E-state index contributed by atoms with van der Waals surface area (Å²) in [6.07, 6.45) is 3.05. The van der Waals surface area contributed by atoms with Crippen LogP contribution in [0.15, 0.2) is 28.7 Å². The molecule has 2 aromatic rings. The molecular weight excluding hydrogens is 306 g/mol. The van der Waals surface area contributed by atoms with Crippen molar-refractivity contribution in [1.82, 2.24) is 15.1 Å². The molecule has 1 aromatic carbocycles. The summed E-state index contributed by atoms with van der Waals surface area (Å²) in [6.45, 7) is 5.00. The van der Waals surface area contributed by atoms with Gasteiger partial charge in [-0.3, -0.25) is 4.90 Å². The number of piperidine rings is 1. The highest BCUT2D eigenvalue weighted by atomic mass is 16.5. The van der Waals surface area contributed by atoms with E-state index in [1.807, 2.05) is 24.3 Å². The van der Waals surface area contributed by atoms with Gasteiger partial charge in [-0.05, 0) is 62.0 Å². The van der Waals surface area contributed by atoms with Gasteiger partial charge in [0.05, 0.1) is 13.7 Å². The zero-order chi connectivity index (χ0) is 17.0. The second-order valence-electron chi connectivity index (χ2n) is 6.52. The van der Waals surface area contributed by atoms with Gasteiger partial charge in [-0.2, -0.15) is 0 Å². The summed E-state index contributed by atoms with van der Waals surface area (Å²) < 4.78 is 11.0. The summed E-state index contributed by atoms with van der Waals surface area (Å²) >= 11 is 0. The van der Waals surface area contributed by atoms with Crippen LogP contribution in [0.5, 0.6) is 5.75 Å². The molecule has 1 aromatic heterocycles. The lowest BCUT2D eigenvalue weighted by Gasteiger charge is -2.39. The van der Waals surface area contributed by atoms with Crippen molar-refractivity contribution in [2.24, 2.45) is 5.41 Å². The highest BCUT2D eigenvalue weighted by Gasteiger charge is 2.32. The minimum atomic E-state index is 0.0968. The number of aliphatic hydroxyl groups excluding tert-OH is 1. The Morgan fingerprint density at radius 1 is 1.21 bits per heavy atom. The third-order valence-corrected chi connectivity index (χ3v) is 5.16. The predicted molar refractivity (Wildman–Crippen MR) is 90.6 cm³/mol. The van der Waals surface area contributed by atoms with E-state index in [0.29, 0.717) is 18.3 Å². The SMILES string of the molecule is CCC1(CO)CCN(Cc2nnc(-c3ccc(OC)cc3)o2)CC1. The van der Waals surface area contributed by atoms with Crippen LogP contribution >= 0.6 is 0 Å². The first kappa shape index (κ1) is 16.9. The van der Waals surface area contributed by atoms with Crippen molar-refractivity contribution in [3.8, 4) is 17.2 Å². The van der Waals surface area contributed by atoms with E-state index in [4.69, 9.17) is 9.15 Å². The van der Waals surface area contributed by atoms with E-state index in [0.717, 1.165) is 43.7 Å². The number of hydrogen-bond acceptors (Lipinski definition) is 6. The van der Waals surface area contributed by atoms with Gasteiger partial charge < -0.3 is 14.3 Å². The van der Waals surface area contributed by atoms with Gasteiger partial charge in [0.1, 0.15) is 5.75 Å². The molecule has 0 spiro atoms. The fourth-order valence-electron chi connectivity index (χ4n) is 3.17. The smallest absolute Gasteiger partial charge is 0.247 e. The van der Waals surface area contributed by atoms with Crippen LogP contribution in [0.3, 0.4) is 0 Å². The van der Waals surface area contributed by atoms with Crippen LogP contribution in [0.4, 0.5) is 0 Å². The first-order chi connectivity index (χ1) is 11.7. The molecule has 0 aliphatic carbocycles. The van der Waals surface area contributed by atoms with Crippen LogP contribution in [0.2, 0.25) is 0 Å². The maximum absolute atomic E-state index is 9.62. The molecule has 130 valence electrons. The molecule has 0 bridgehead atoms. The van der Waals surface area contributed by atoms with Crippen molar-refractivity contribution in [2.45, 2.75) is 32.7 Å². The summed E-state index contributed by atoms with van der Waals surface area (Å²) in [4.78, 5) is 2.31. The van der Waals surface area contributed by atoms with Gasteiger partial charge in [0.2, 0.25) is 11.8 Å². The van der Waals surface area contributed by atoms with E-state index in [2.05, 4.69) is 22.0 Å². The van der Waals surface area contributed by atoms with Gasteiger partial charge in [-0.25, -0.2) is 0 Å². The average molecular weight is 331 g/mol. The lowest BCUT2D eigenvalue weighted by atomic mass is 9.77. The van der Waals surface area contributed by atoms with E-state index in [1.165, 1.54) is 0 Å². The molecular formula is C18H25N3O3.